The number of phenols is 1. The molecule has 0 heterocycles. The highest BCUT2D eigenvalue weighted by molar-refractivity contribution is 5.33. The van der Waals surface area contributed by atoms with Gasteiger partial charge in [0.15, 0.2) is 0 Å². The van der Waals surface area contributed by atoms with Crippen molar-refractivity contribution in [1.29, 1.82) is 0 Å². The van der Waals surface area contributed by atoms with E-state index in [1.54, 1.807) is 19.1 Å². The molecule has 0 bridgehead atoms. The second kappa shape index (κ2) is 5.73. The topological polar surface area (TPSA) is 52.5 Å². The van der Waals surface area contributed by atoms with Gasteiger partial charge in [-0.05, 0) is 32.9 Å². The molecule has 2 atom stereocenters. The highest BCUT2D eigenvalue weighted by atomic mass is 16.3. The average Bonchev–Trinajstić information content (AvgIpc) is 2.17. The molecule has 0 spiro atoms. The van der Waals surface area contributed by atoms with Gasteiger partial charge in [0.1, 0.15) is 5.75 Å². The Morgan fingerprint density at radius 3 is 2.53 bits per heavy atom. The minimum absolute atomic E-state index is 0.102. The van der Waals surface area contributed by atoms with E-state index in [1.807, 2.05) is 19.1 Å². The van der Waals surface area contributed by atoms with E-state index in [0.29, 0.717) is 5.75 Å². The Balaban J connectivity index is 2.47. The Labute approximate surface area is 90.8 Å². The summed E-state index contributed by atoms with van der Waals surface area (Å²) < 4.78 is 0. The van der Waals surface area contributed by atoms with Crippen LogP contribution in [0.25, 0.3) is 0 Å². The summed E-state index contributed by atoms with van der Waals surface area (Å²) in [6, 6.07) is 7.39. The molecular formula is C12H19NO2. The predicted molar refractivity (Wildman–Crippen MR) is 60.8 cm³/mol. The molecule has 0 aromatic heterocycles. The summed E-state index contributed by atoms with van der Waals surface area (Å²) >= 11 is 0. The second-order valence-corrected chi connectivity index (χ2v) is 3.87. The van der Waals surface area contributed by atoms with Gasteiger partial charge >= 0.3 is 0 Å². The number of rotatable bonds is 5. The third-order valence-corrected chi connectivity index (χ3v) is 2.42. The third kappa shape index (κ3) is 3.90. The number of phenolic OH excluding ortho intramolecular Hbond substituents is 1. The Bertz CT molecular complexity index is 299. The van der Waals surface area contributed by atoms with Crippen molar-refractivity contribution in [2.75, 3.05) is 6.54 Å². The molecule has 0 aliphatic heterocycles. The first-order valence-electron chi connectivity index (χ1n) is 5.30. The molecule has 1 rings (SSSR count). The molecule has 0 saturated heterocycles. The number of para-hydroxylation sites is 1. The molecule has 1 aromatic rings. The van der Waals surface area contributed by atoms with E-state index in [-0.39, 0.29) is 12.1 Å². The van der Waals surface area contributed by atoms with E-state index in [4.69, 9.17) is 5.11 Å². The van der Waals surface area contributed by atoms with E-state index in [1.165, 1.54) is 0 Å². The van der Waals surface area contributed by atoms with Crippen LogP contribution in [0, 0.1) is 0 Å². The Hall–Kier alpha value is -1.06. The van der Waals surface area contributed by atoms with Gasteiger partial charge in [-0.1, -0.05) is 18.2 Å². The van der Waals surface area contributed by atoms with Crippen LogP contribution in [-0.2, 0) is 0 Å². The van der Waals surface area contributed by atoms with Crippen LogP contribution in [0.3, 0.4) is 0 Å². The molecule has 0 radical (unpaired) electrons. The lowest BCUT2D eigenvalue weighted by Crippen LogP contribution is -2.22. The summed E-state index contributed by atoms with van der Waals surface area (Å²) in [6.07, 6.45) is 0.437. The second-order valence-electron chi connectivity index (χ2n) is 3.87. The van der Waals surface area contributed by atoms with Crippen molar-refractivity contribution >= 4 is 0 Å². The fraction of sp³-hybridized carbons (Fsp3) is 0.500. The van der Waals surface area contributed by atoms with Crippen molar-refractivity contribution < 1.29 is 10.2 Å². The van der Waals surface area contributed by atoms with Gasteiger partial charge in [-0.3, -0.25) is 0 Å². The van der Waals surface area contributed by atoms with Gasteiger partial charge < -0.3 is 15.5 Å². The summed E-state index contributed by atoms with van der Waals surface area (Å²) in [4.78, 5) is 0. The van der Waals surface area contributed by atoms with Crippen LogP contribution in [0.5, 0.6) is 5.75 Å². The van der Waals surface area contributed by atoms with Crippen LogP contribution < -0.4 is 5.32 Å². The fourth-order valence-corrected chi connectivity index (χ4v) is 1.47. The van der Waals surface area contributed by atoms with Gasteiger partial charge in [-0.2, -0.15) is 0 Å². The molecule has 15 heavy (non-hydrogen) atoms. The van der Waals surface area contributed by atoms with E-state index >= 15 is 0 Å². The highest BCUT2D eigenvalue weighted by Crippen LogP contribution is 2.22. The van der Waals surface area contributed by atoms with Gasteiger partial charge in [0.05, 0.1) is 6.10 Å². The van der Waals surface area contributed by atoms with Crippen molar-refractivity contribution in [3.05, 3.63) is 29.8 Å². The maximum absolute atomic E-state index is 9.60. The van der Waals surface area contributed by atoms with Crippen molar-refractivity contribution in [3.8, 4) is 5.75 Å². The lowest BCUT2D eigenvalue weighted by atomic mass is 10.1. The van der Waals surface area contributed by atoms with Crippen LogP contribution in [0.1, 0.15) is 31.9 Å². The van der Waals surface area contributed by atoms with Crippen molar-refractivity contribution in [2.45, 2.75) is 32.4 Å². The number of aliphatic hydroxyl groups excluding tert-OH is 1. The van der Waals surface area contributed by atoms with Gasteiger partial charge in [0, 0.05) is 11.6 Å². The largest absolute Gasteiger partial charge is 0.508 e. The van der Waals surface area contributed by atoms with Crippen LogP contribution in [0.4, 0.5) is 0 Å². The number of benzene rings is 1. The van der Waals surface area contributed by atoms with Gasteiger partial charge in [-0.15, -0.1) is 0 Å². The summed E-state index contributed by atoms with van der Waals surface area (Å²) in [6.45, 7) is 4.51. The standard InChI is InChI=1S/C12H19NO2/c1-9(14)7-8-13-10(2)11-5-3-4-6-12(11)15/h3-6,9-10,13-15H,7-8H2,1-2H3/t9-,10+/m1/s1. The Kier molecular flexibility index (Phi) is 4.59. The zero-order chi connectivity index (χ0) is 11.3. The monoisotopic (exact) mass is 209 g/mol. The van der Waals surface area contributed by atoms with E-state index in [0.717, 1.165) is 18.5 Å². The number of aromatic hydroxyl groups is 1. The molecule has 0 aliphatic rings. The lowest BCUT2D eigenvalue weighted by Gasteiger charge is -2.15. The summed E-state index contributed by atoms with van der Waals surface area (Å²) in [5.74, 6) is 0.314. The Morgan fingerprint density at radius 1 is 1.27 bits per heavy atom. The van der Waals surface area contributed by atoms with E-state index < -0.39 is 0 Å². The summed E-state index contributed by atoms with van der Waals surface area (Å²) in [5, 5.41) is 22.0. The number of nitrogens with one attached hydrogen (secondary N) is 1. The van der Waals surface area contributed by atoms with Gasteiger partial charge in [0.2, 0.25) is 0 Å². The number of aliphatic hydroxyl groups is 1. The first kappa shape index (κ1) is 12.0. The minimum atomic E-state index is -0.283. The smallest absolute Gasteiger partial charge is 0.120 e. The molecule has 0 aliphatic carbocycles. The summed E-state index contributed by atoms with van der Waals surface area (Å²) in [7, 11) is 0. The molecule has 84 valence electrons. The molecule has 1 aromatic carbocycles. The summed E-state index contributed by atoms with van der Waals surface area (Å²) in [5.41, 5.74) is 0.892. The third-order valence-electron chi connectivity index (χ3n) is 2.42. The molecule has 0 saturated carbocycles. The lowest BCUT2D eigenvalue weighted by molar-refractivity contribution is 0.182. The SMILES string of the molecule is C[C@H](NCC[C@@H](C)O)c1ccccc1O. The predicted octanol–water partition coefficient (Wildman–Crippen LogP) is 1.81. The molecule has 0 fully saturated rings. The van der Waals surface area contributed by atoms with Crippen LogP contribution in [0.2, 0.25) is 0 Å². The van der Waals surface area contributed by atoms with Crippen LogP contribution in [-0.4, -0.2) is 22.9 Å². The van der Waals surface area contributed by atoms with Crippen LogP contribution in [0.15, 0.2) is 24.3 Å². The van der Waals surface area contributed by atoms with Crippen LogP contribution >= 0.6 is 0 Å². The normalized spacial score (nSPS) is 14.9. The minimum Gasteiger partial charge on any atom is -0.508 e. The molecule has 3 N–H and O–H groups in total. The molecule has 0 amide bonds. The first-order valence-corrected chi connectivity index (χ1v) is 5.30. The zero-order valence-corrected chi connectivity index (χ0v) is 9.27. The highest BCUT2D eigenvalue weighted by Gasteiger charge is 2.08. The quantitative estimate of drug-likeness (QED) is 0.693. The van der Waals surface area contributed by atoms with Gasteiger partial charge in [-0.25, -0.2) is 0 Å². The van der Waals surface area contributed by atoms with E-state index in [9.17, 15) is 5.11 Å². The van der Waals surface area contributed by atoms with Crippen molar-refractivity contribution in [2.24, 2.45) is 0 Å². The first-order chi connectivity index (χ1) is 7.11. The fourth-order valence-electron chi connectivity index (χ4n) is 1.47. The maximum Gasteiger partial charge on any atom is 0.120 e. The maximum atomic E-state index is 9.60. The number of hydrogen-bond donors (Lipinski definition) is 3. The number of hydrogen-bond acceptors (Lipinski definition) is 3. The Morgan fingerprint density at radius 2 is 1.93 bits per heavy atom. The molecule has 3 heteroatoms. The molecular weight excluding hydrogens is 190 g/mol. The van der Waals surface area contributed by atoms with Crippen molar-refractivity contribution in [3.63, 3.8) is 0 Å². The molecule has 3 nitrogen and oxygen atoms in total. The zero-order valence-electron chi connectivity index (χ0n) is 9.27. The van der Waals surface area contributed by atoms with E-state index in [2.05, 4.69) is 5.32 Å². The average molecular weight is 209 g/mol. The van der Waals surface area contributed by atoms with Crippen molar-refractivity contribution in [1.82, 2.24) is 5.32 Å². The molecule has 0 unspecified atom stereocenters. The van der Waals surface area contributed by atoms with Gasteiger partial charge in [0.25, 0.3) is 0 Å².